The van der Waals surface area contributed by atoms with Crippen molar-refractivity contribution in [3.8, 4) is 0 Å². The summed E-state index contributed by atoms with van der Waals surface area (Å²) >= 11 is 0. The summed E-state index contributed by atoms with van der Waals surface area (Å²) in [6.45, 7) is 0. The number of benzene rings is 1. The Hall–Kier alpha value is -1.16. The molecule has 16 heavy (non-hydrogen) atoms. The normalized spacial score (nSPS) is 19.0. The smallest absolute Gasteiger partial charge is 0.319 e. The first kappa shape index (κ1) is 11.3. The van der Waals surface area contributed by atoms with Crippen LogP contribution in [0.4, 0.5) is 0 Å². The van der Waals surface area contributed by atoms with Crippen molar-refractivity contribution in [3.63, 3.8) is 0 Å². The monoisotopic (exact) mass is 238 g/mol. The lowest BCUT2D eigenvalue weighted by Crippen LogP contribution is -2.30. The third-order valence-electron chi connectivity index (χ3n) is 2.67. The molecule has 0 aliphatic heterocycles. The number of hydrogen-bond acceptors (Lipinski definition) is 2. The molecule has 0 heterocycles. The van der Waals surface area contributed by atoms with E-state index in [1.807, 2.05) is 30.3 Å². The number of carbonyl (C=O) groups is 1. The van der Waals surface area contributed by atoms with Crippen LogP contribution in [0.1, 0.15) is 18.4 Å². The Kier molecular flexibility index (Phi) is 3.39. The Balaban J connectivity index is 2.08. The van der Waals surface area contributed by atoms with Gasteiger partial charge in [-0.2, -0.15) is 0 Å². The summed E-state index contributed by atoms with van der Waals surface area (Å²) in [7, 11) is -1.23. The minimum Gasteiger partial charge on any atom is -0.480 e. The van der Waals surface area contributed by atoms with E-state index in [4.69, 9.17) is 5.11 Å². The Morgan fingerprint density at radius 2 is 2.00 bits per heavy atom. The molecule has 3 nitrogen and oxygen atoms in total. The minimum absolute atomic E-state index is 0.116. The van der Waals surface area contributed by atoms with Crippen molar-refractivity contribution >= 4 is 16.8 Å². The van der Waals surface area contributed by atoms with E-state index < -0.39 is 22.0 Å². The summed E-state index contributed by atoms with van der Waals surface area (Å²) in [5, 5.41) is 8.45. The van der Waals surface area contributed by atoms with Crippen molar-refractivity contribution in [2.75, 3.05) is 0 Å². The van der Waals surface area contributed by atoms with E-state index in [9.17, 15) is 9.00 Å². The summed E-state index contributed by atoms with van der Waals surface area (Å²) < 4.78 is 11.9. The molecule has 1 saturated carbocycles. The highest BCUT2D eigenvalue weighted by Crippen LogP contribution is 2.29. The van der Waals surface area contributed by atoms with Gasteiger partial charge in [-0.3, -0.25) is 9.00 Å². The van der Waals surface area contributed by atoms with Crippen LogP contribution in [0.3, 0.4) is 0 Å². The minimum atomic E-state index is -1.23. The third-order valence-corrected chi connectivity index (χ3v) is 4.73. The van der Waals surface area contributed by atoms with Crippen LogP contribution >= 0.6 is 0 Å². The molecule has 2 rings (SSSR count). The zero-order valence-electron chi connectivity index (χ0n) is 8.83. The molecule has 1 aliphatic rings. The standard InChI is InChI=1S/C12H14O3S/c13-12(14)11(16(15)10-6-7-10)8-9-4-2-1-3-5-9/h1-5,10-11H,6-8H2,(H,13,14). The molecule has 4 heteroatoms. The van der Waals surface area contributed by atoms with Gasteiger partial charge in [-0.25, -0.2) is 0 Å². The maximum absolute atomic E-state index is 11.9. The summed E-state index contributed by atoms with van der Waals surface area (Å²) in [5.74, 6) is -0.950. The first-order valence-electron chi connectivity index (χ1n) is 5.34. The molecule has 1 aliphatic carbocycles. The van der Waals surface area contributed by atoms with E-state index in [0.717, 1.165) is 18.4 Å². The average Bonchev–Trinajstić information content (AvgIpc) is 3.10. The second-order valence-electron chi connectivity index (χ2n) is 4.04. The van der Waals surface area contributed by atoms with Crippen molar-refractivity contribution in [1.29, 1.82) is 0 Å². The molecule has 1 aromatic rings. The van der Waals surface area contributed by atoms with Gasteiger partial charge in [0.25, 0.3) is 0 Å². The van der Waals surface area contributed by atoms with Crippen LogP contribution in [0.2, 0.25) is 0 Å². The van der Waals surface area contributed by atoms with Crippen molar-refractivity contribution in [3.05, 3.63) is 35.9 Å². The molecule has 2 atom stereocenters. The Morgan fingerprint density at radius 3 is 2.50 bits per heavy atom. The molecule has 1 aromatic carbocycles. The Morgan fingerprint density at radius 1 is 1.38 bits per heavy atom. The fourth-order valence-corrected chi connectivity index (χ4v) is 3.25. The van der Waals surface area contributed by atoms with Gasteiger partial charge in [-0.1, -0.05) is 30.3 Å². The lowest BCUT2D eigenvalue weighted by Gasteiger charge is -2.11. The van der Waals surface area contributed by atoms with Crippen LogP contribution in [0.25, 0.3) is 0 Å². The van der Waals surface area contributed by atoms with E-state index in [2.05, 4.69) is 0 Å². The number of hydrogen-bond donors (Lipinski definition) is 1. The highest BCUT2D eigenvalue weighted by molar-refractivity contribution is 7.87. The van der Waals surface area contributed by atoms with Crippen molar-refractivity contribution in [1.82, 2.24) is 0 Å². The summed E-state index contributed by atoms with van der Waals surface area (Å²) in [6.07, 6.45) is 2.18. The molecule has 0 saturated heterocycles. The lowest BCUT2D eigenvalue weighted by molar-refractivity contribution is -0.136. The number of carboxylic acid groups (broad SMARTS) is 1. The Labute approximate surface area is 96.9 Å². The largest absolute Gasteiger partial charge is 0.480 e. The van der Waals surface area contributed by atoms with Gasteiger partial charge >= 0.3 is 5.97 Å². The first-order chi connectivity index (χ1) is 7.68. The summed E-state index contributed by atoms with van der Waals surface area (Å²) in [5.41, 5.74) is 0.934. The van der Waals surface area contributed by atoms with Crippen molar-refractivity contribution in [2.45, 2.75) is 29.8 Å². The fourth-order valence-electron chi connectivity index (χ4n) is 1.63. The van der Waals surface area contributed by atoms with Crippen LogP contribution in [0.15, 0.2) is 30.3 Å². The zero-order valence-corrected chi connectivity index (χ0v) is 9.65. The maximum Gasteiger partial charge on any atom is 0.319 e. The molecule has 0 aromatic heterocycles. The Bertz CT molecular complexity index is 398. The molecule has 0 amide bonds. The predicted octanol–water partition coefficient (Wildman–Crippen LogP) is 1.59. The average molecular weight is 238 g/mol. The topological polar surface area (TPSA) is 54.4 Å². The van der Waals surface area contributed by atoms with E-state index in [0.29, 0.717) is 6.42 Å². The van der Waals surface area contributed by atoms with E-state index in [-0.39, 0.29) is 5.25 Å². The van der Waals surface area contributed by atoms with Crippen LogP contribution in [-0.4, -0.2) is 25.8 Å². The van der Waals surface area contributed by atoms with Gasteiger partial charge in [0, 0.05) is 16.0 Å². The number of carboxylic acids is 1. The molecule has 0 radical (unpaired) electrons. The predicted molar refractivity (Wildman–Crippen MR) is 62.7 cm³/mol. The van der Waals surface area contributed by atoms with Gasteiger partial charge in [0.2, 0.25) is 0 Å². The molecule has 0 bridgehead atoms. The number of rotatable bonds is 5. The van der Waals surface area contributed by atoms with Gasteiger partial charge < -0.3 is 5.11 Å². The van der Waals surface area contributed by atoms with E-state index in [1.54, 1.807) is 0 Å². The van der Waals surface area contributed by atoms with Gasteiger partial charge in [0.1, 0.15) is 5.25 Å². The second-order valence-corrected chi connectivity index (χ2v) is 5.94. The van der Waals surface area contributed by atoms with Gasteiger partial charge in [-0.15, -0.1) is 0 Å². The van der Waals surface area contributed by atoms with Crippen molar-refractivity contribution in [2.24, 2.45) is 0 Å². The quantitative estimate of drug-likeness (QED) is 0.847. The molecule has 86 valence electrons. The van der Waals surface area contributed by atoms with Gasteiger partial charge in [0.15, 0.2) is 0 Å². The zero-order chi connectivity index (χ0) is 11.5. The molecule has 1 N–H and O–H groups in total. The molecule has 0 spiro atoms. The van der Waals surface area contributed by atoms with Crippen molar-refractivity contribution < 1.29 is 14.1 Å². The number of aliphatic carboxylic acids is 1. The SMILES string of the molecule is O=C(O)C(Cc1ccccc1)S(=O)C1CC1. The molecule has 1 fully saturated rings. The van der Waals surface area contributed by atoms with Crippen LogP contribution in [0.5, 0.6) is 0 Å². The van der Waals surface area contributed by atoms with E-state index >= 15 is 0 Å². The van der Waals surface area contributed by atoms with Crippen LogP contribution in [-0.2, 0) is 22.0 Å². The maximum atomic E-state index is 11.9. The van der Waals surface area contributed by atoms with Crippen LogP contribution < -0.4 is 0 Å². The summed E-state index contributed by atoms with van der Waals surface area (Å²) in [4.78, 5) is 11.1. The molecular weight excluding hydrogens is 224 g/mol. The first-order valence-corrected chi connectivity index (χ1v) is 6.62. The fraction of sp³-hybridized carbons (Fsp3) is 0.417. The second kappa shape index (κ2) is 4.78. The van der Waals surface area contributed by atoms with Gasteiger partial charge in [0.05, 0.1) is 0 Å². The molecular formula is C12H14O3S. The van der Waals surface area contributed by atoms with Gasteiger partial charge in [-0.05, 0) is 24.8 Å². The third kappa shape index (κ3) is 2.70. The lowest BCUT2D eigenvalue weighted by atomic mass is 10.1. The van der Waals surface area contributed by atoms with Crippen LogP contribution in [0, 0.1) is 0 Å². The van der Waals surface area contributed by atoms with E-state index in [1.165, 1.54) is 0 Å². The highest BCUT2D eigenvalue weighted by Gasteiger charge is 2.36. The highest BCUT2D eigenvalue weighted by atomic mass is 32.2. The molecule has 2 unspecified atom stereocenters. The summed E-state index contributed by atoms with van der Waals surface area (Å²) in [6, 6.07) is 9.37.